The van der Waals surface area contributed by atoms with Crippen molar-refractivity contribution in [1.82, 2.24) is 0 Å². The molecule has 0 amide bonds. The van der Waals surface area contributed by atoms with E-state index in [2.05, 4.69) is 61.5 Å². The molecule has 0 spiro atoms. The number of hydrogen-bond donors (Lipinski definition) is 0. The van der Waals surface area contributed by atoms with Crippen LogP contribution < -0.4 is 0 Å². The van der Waals surface area contributed by atoms with Gasteiger partial charge in [-0.15, -0.1) is 0 Å². The predicted octanol–water partition coefficient (Wildman–Crippen LogP) is 4.24. The molecule has 100 valence electrons. The molecular weight excluding hydrogens is 242 g/mol. The lowest BCUT2D eigenvalue weighted by Gasteiger charge is -2.32. The van der Waals surface area contributed by atoms with E-state index in [1.807, 2.05) is 0 Å². The summed E-state index contributed by atoms with van der Waals surface area (Å²) in [4.78, 5) is 0. The lowest BCUT2D eigenvalue weighted by atomic mass is 9.69. The lowest BCUT2D eigenvalue weighted by molar-refractivity contribution is 0.339. The van der Waals surface area contributed by atoms with Gasteiger partial charge in [0.05, 0.1) is 11.5 Å². The lowest BCUT2D eigenvalue weighted by Crippen LogP contribution is -2.29. The minimum atomic E-state index is -0.233. The second-order valence-electron chi connectivity index (χ2n) is 6.00. The highest BCUT2D eigenvalue weighted by atomic mass is 14.4. The first-order valence-corrected chi connectivity index (χ1v) is 7.24. The SMILES string of the molecule is Cc1ccc(CC2(C#N)CCc3ccccc3C2)cc1. The Balaban J connectivity index is 1.87. The van der Waals surface area contributed by atoms with Crippen LogP contribution in [0.15, 0.2) is 48.5 Å². The zero-order valence-electron chi connectivity index (χ0n) is 11.9. The van der Waals surface area contributed by atoms with Gasteiger partial charge in [-0.25, -0.2) is 0 Å². The van der Waals surface area contributed by atoms with Gasteiger partial charge in [0.2, 0.25) is 0 Å². The van der Waals surface area contributed by atoms with E-state index >= 15 is 0 Å². The van der Waals surface area contributed by atoms with Crippen molar-refractivity contribution in [2.45, 2.75) is 32.6 Å². The van der Waals surface area contributed by atoms with E-state index in [1.165, 1.54) is 22.3 Å². The van der Waals surface area contributed by atoms with Crippen LogP contribution in [0.1, 0.15) is 28.7 Å². The summed E-state index contributed by atoms with van der Waals surface area (Å²) in [6.07, 6.45) is 3.73. The van der Waals surface area contributed by atoms with Crippen LogP contribution in [0.2, 0.25) is 0 Å². The Morgan fingerprint density at radius 1 is 1.05 bits per heavy atom. The van der Waals surface area contributed by atoms with Gasteiger partial charge in [-0.2, -0.15) is 5.26 Å². The van der Waals surface area contributed by atoms with E-state index in [4.69, 9.17) is 0 Å². The molecule has 1 heteroatoms. The summed E-state index contributed by atoms with van der Waals surface area (Å²) in [6.45, 7) is 2.10. The highest BCUT2D eigenvalue weighted by Gasteiger charge is 2.34. The number of benzene rings is 2. The monoisotopic (exact) mass is 261 g/mol. The second kappa shape index (κ2) is 5.13. The summed E-state index contributed by atoms with van der Waals surface area (Å²) < 4.78 is 0. The smallest absolute Gasteiger partial charge is 0.0696 e. The van der Waals surface area contributed by atoms with Crippen LogP contribution in [-0.4, -0.2) is 0 Å². The molecule has 0 saturated carbocycles. The molecule has 1 aliphatic carbocycles. The summed E-state index contributed by atoms with van der Waals surface area (Å²) in [7, 11) is 0. The predicted molar refractivity (Wildman–Crippen MR) is 81.4 cm³/mol. The highest BCUT2D eigenvalue weighted by molar-refractivity contribution is 5.34. The third-order valence-corrected chi connectivity index (χ3v) is 4.42. The third-order valence-electron chi connectivity index (χ3n) is 4.42. The first-order chi connectivity index (χ1) is 9.71. The molecule has 0 saturated heterocycles. The van der Waals surface area contributed by atoms with E-state index in [1.54, 1.807) is 0 Å². The molecule has 0 aromatic heterocycles. The van der Waals surface area contributed by atoms with Gasteiger partial charge in [-0.3, -0.25) is 0 Å². The summed E-state index contributed by atoms with van der Waals surface area (Å²) in [5.41, 5.74) is 5.09. The van der Waals surface area contributed by atoms with Crippen molar-refractivity contribution in [3.05, 3.63) is 70.8 Å². The quantitative estimate of drug-likeness (QED) is 0.793. The van der Waals surface area contributed by atoms with Gasteiger partial charge in [0.1, 0.15) is 0 Å². The van der Waals surface area contributed by atoms with Gasteiger partial charge in [0.25, 0.3) is 0 Å². The van der Waals surface area contributed by atoms with E-state index in [-0.39, 0.29) is 5.41 Å². The molecule has 0 N–H and O–H groups in total. The molecule has 3 rings (SSSR count). The van der Waals surface area contributed by atoms with Gasteiger partial charge in [-0.1, -0.05) is 54.1 Å². The minimum Gasteiger partial charge on any atom is -0.198 e. The van der Waals surface area contributed by atoms with Crippen molar-refractivity contribution >= 4 is 0 Å². The average molecular weight is 261 g/mol. The molecule has 1 atom stereocenters. The molecule has 0 heterocycles. The van der Waals surface area contributed by atoms with Crippen molar-refractivity contribution < 1.29 is 0 Å². The van der Waals surface area contributed by atoms with E-state index in [9.17, 15) is 5.26 Å². The van der Waals surface area contributed by atoms with Crippen molar-refractivity contribution in [2.24, 2.45) is 5.41 Å². The van der Waals surface area contributed by atoms with Crippen molar-refractivity contribution in [3.8, 4) is 6.07 Å². The van der Waals surface area contributed by atoms with Crippen LogP contribution in [0.5, 0.6) is 0 Å². The summed E-state index contributed by atoms with van der Waals surface area (Å²) in [6, 6.07) is 19.8. The van der Waals surface area contributed by atoms with Gasteiger partial charge in [0.15, 0.2) is 0 Å². The maximum absolute atomic E-state index is 9.73. The second-order valence-corrected chi connectivity index (χ2v) is 6.00. The molecule has 1 nitrogen and oxygen atoms in total. The van der Waals surface area contributed by atoms with Crippen LogP contribution in [0, 0.1) is 23.7 Å². The fourth-order valence-electron chi connectivity index (χ4n) is 3.18. The number of nitriles is 1. The average Bonchev–Trinajstić information content (AvgIpc) is 2.49. The van der Waals surface area contributed by atoms with E-state index < -0.39 is 0 Å². The Morgan fingerprint density at radius 2 is 1.75 bits per heavy atom. The normalized spacial score (nSPS) is 21.0. The van der Waals surface area contributed by atoms with Crippen molar-refractivity contribution in [1.29, 1.82) is 5.26 Å². The molecule has 2 aromatic rings. The Labute approximate surface area is 120 Å². The minimum absolute atomic E-state index is 0.233. The van der Waals surface area contributed by atoms with E-state index in [0.29, 0.717) is 0 Å². The largest absolute Gasteiger partial charge is 0.198 e. The molecule has 1 aliphatic rings. The number of hydrogen-bond acceptors (Lipinski definition) is 1. The number of fused-ring (bicyclic) bond motifs is 1. The Kier molecular flexibility index (Phi) is 3.32. The Bertz CT molecular complexity index is 648. The number of aryl methyl sites for hydroxylation is 2. The maximum atomic E-state index is 9.73. The van der Waals surface area contributed by atoms with Crippen molar-refractivity contribution in [3.63, 3.8) is 0 Å². The fourth-order valence-corrected chi connectivity index (χ4v) is 3.18. The zero-order chi connectivity index (χ0) is 14.0. The fraction of sp³-hybridized carbons (Fsp3) is 0.316. The molecule has 0 radical (unpaired) electrons. The molecule has 0 aliphatic heterocycles. The van der Waals surface area contributed by atoms with Crippen LogP contribution in [0.4, 0.5) is 0 Å². The standard InChI is InChI=1S/C19H19N/c1-15-6-8-16(9-7-15)12-19(14-20)11-10-17-4-2-3-5-18(17)13-19/h2-9H,10-13H2,1H3. The van der Waals surface area contributed by atoms with Crippen LogP contribution in [0.3, 0.4) is 0 Å². The molecular formula is C19H19N. The van der Waals surface area contributed by atoms with Gasteiger partial charge in [0, 0.05) is 0 Å². The van der Waals surface area contributed by atoms with Crippen LogP contribution >= 0.6 is 0 Å². The van der Waals surface area contributed by atoms with E-state index in [0.717, 1.165) is 25.7 Å². The summed E-state index contributed by atoms with van der Waals surface area (Å²) >= 11 is 0. The van der Waals surface area contributed by atoms with Crippen LogP contribution in [0.25, 0.3) is 0 Å². The van der Waals surface area contributed by atoms with Gasteiger partial charge < -0.3 is 0 Å². The zero-order valence-corrected chi connectivity index (χ0v) is 11.9. The highest BCUT2D eigenvalue weighted by Crippen LogP contribution is 2.37. The summed E-state index contributed by atoms with van der Waals surface area (Å²) in [5.74, 6) is 0. The van der Waals surface area contributed by atoms with Crippen LogP contribution in [-0.2, 0) is 19.3 Å². The summed E-state index contributed by atoms with van der Waals surface area (Å²) in [5, 5.41) is 9.73. The topological polar surface area (TPSA) is 23.8 Å². The molecule has 20 heavy (non-hydrogen) atoms. The maximum Gasteiger partial charge on any atom is 0.0696 e. The van der Waals surface area contributed by atoms with Crippen molar-refractivity contribution in [2.75, 3.05) is 0 Å². The first kappa shape index (κ1) is 12.9. The number of rotatable bonds is 2. The third kappa shape index (κ3) is 2.47. The Morgan fingerprint density at radius 3 is 2.45 bits per heavy atom. The molecule has 2 aromatic carbocycles. The van der Waals surface area contributed by atoms with Gasteiger partial charge >= 0.3 is 0 Å². The van der Waals surface area contributed by atoms with Gasteiger partial charge in [-0.05, 0) is 49.3 Å². The molecule has 1 unspecified atom stereocenters. The molecule has 0 bridgehead atoms. The first-order valence-electron chi connectivity index (χ1n) is 7.24. The Hall–Kier alpha value is -2.07. The number of nitrogens with zero attached hydrogens (tertiary/aromatic N) is 1. The molecule has 0 fully saturated rings.